The molecule has 0 spiro atoms. The van der Waals surface area contributed by atoms with Crippen LogP contribution in [0.2, 0.25) is 0 Å². The molecule has 0 aliphatic heterocycles. The van der Waals surface area contributed by atoms with Crippen LogP contribution in [0.4, 0.5) is 0 Å². The quantitative estimate of drug-likeness (QED) is 0.395. The molecule has 4 nitrogen and oxygen atoms in total. The second kappa shape index (κ2) is 5.08. The normalized spacial score (nSPS) is 29.5. The molecule has 1 saturated carbocycles. The number of carbonyl (C=O) groups is 1. The second-order valence-electron chi connectivity index (χ2n) is 4.01. The summed E-state index contributed by atoms with van der Waals surface area (Å²) in [5.41, 5.74) is 0. The number of aldehydes is 1. The van der Waals surface area contributed by atoms with Crippen LogP contribution in [0.25, 0.3) is 0 Å². The van der Waals surface area contributed by atoms with Gasteiger partial charge in [0.25, 0.3) is 0 Å². The van der Waals surface area contributed by atoms with Crippen LogP contribution in [-0.2, 0) is 4.79 Å². The molecule has 0 aromatic heterocycles. The molecule has 0 heterocycles. The van der Waals surface area contributed by atoms with E-state index in [0.717, 1.165) is 32.0 Å². The molecule has 1 unspecified atom stereocenters. The van der Waals surface area contributed by atoms with Gasteiger partial charge in [0, 0.05) is 23.2 Å². The van der Waals surface area contributed by atoms with E-state index in [1.165, 1.54) is 0 Å². The fourth-order valence-corrected chi connectivity index (χ4v) is 2.40. The molecule has 80 valence electrons. The van der Waals surface area contributed by atoms with Crippen molar-refractivity contribution >= 4 is 6.29 Å². The highest BCUT2D eigenvalue weighted by Gasteiger charge is 2.38. The van der Waals surface area contributed by atoms with Gasteiger partial charge in [0.1, 0.15) is 6.29 Å². The van der Waals surface area contributed by atoms with Crippen molar-refractivity contribution in [3.8, 4) is 0 Å². The van der Waals surface area contributed by atoms with Crippen LogP contribution in [0, 0.1) is 22.0 Å². The van der Waals surface area contributed by atoms with E-state index in [9.17, 15) is 14.9 Å². The van der Waals surface area contributed by atoms with Crippen molar-refractivity contribution < 1.29 is 9.72 Å². The summed E-state index contributed by atoms with van der Waals surface area (Å²) in [6.07, 6.45) is 5.05. The Bertz CT molecular complexity index is 217. The maximum absolute atomic E-state index is 10.8. The fraction of sp³-hybridized carbons (Fsp3) is 0.900. The lowest BCUT2D eigenvalue weighted by molar-refractivity contribution is -0.537. The first-order chi connectivity index (χ1) is 6.70. The minimum atomic E-state index is -0.487. The highest BCUT2D eigenvalue weighted by atomic mass is 16.6. The lowest BCUT2D eigenvalue weighted by Crippen LogP contribution is -2.37. The third-order valence-corrected chi connectivity index (χ3v) is 3.25. The van der Waals surface area contributed by atoms with Crippen molar-refractivity contribution in [3.05, 3.63) is 10.1 Å². The van der Waals surface area contributed by atoms with Gasteiger partial charge in [-0.3, -0.25) is 10.1 Å². The summed E-state index contributed by atoms with van der Waals surface area (Å²) in [5, 5.41) is 10.8. The van der Waals surface area contributed by atoms with Gasteiger partial charge in [-0.1, -0.05) is 13.3 Å². The average molecular weight is 199 g/mol. The Kier molecular flexibility index (Phi) is 4.04. The van der Waals surface area contributed by atoms with Gasteiger partial charge in [0.2, 0.25) is 6.04 Å². The predicted octanol–water partition coefficient (Wildman–Crippen LogP) is 2.05. The lowest BCUT2D eigenvalue weighted by atomic mass is 9.76. The second-order valence-corrected chi connectivity index (χ2v) is 4.01. The first kappa shape index (κ1) is 11.1. The molecule has 1 aliphatic carbocycles. The first-order valence-corrected chi connectivity index (χ1v) is 5.29. The Labute approximate surface area is 83.8 Å². The molecule has 0 aromatic rings. The SMILES string of the molecule is CC[C@@H](C=O)C1CCCC[C@@H]1[N+](=O)[O-]. The van der Waals surface area contributed by atoms with Gasteiger partial charge in [-0.25, -0.2) is 0 Å². The summed E-state index contributed by atoms with van der Waals surface area (Å²) < 4.78 is 0. The molecule has 1 rings (SSSR count). The highest BCUT2D eigenvalue weighted by molar-refractivity contribution is 5.54. The Hall–Kier alpha value is -0.930. The van der Waals surface area contributed by atoms with Crippen LogP contribution < -0.4 is 0 Å². The van der Waals surface area contributed by atoms with Gasteiger partial charge in [-0.2, -0.15) is 0 Å². The van der Waals surface area contributed by atoms with E-state index in [4.69, 9.17) is 0 Å². The van der Waals surface area contributed by atoms with E-state index in [-0.39, 0.29) is 16.8 Å². The van der Waals surface area contributed by atoms with Gasteiger partial charge in [-0.15, -0.1) is 0 Å². The number of carbonyl (C=O) groups excluding carboxylic acids is 1. The van der Waals surface area contributed by atoms with E-state index >= 15 is 0 Å². The summed E-state index contributed by atoms with van der Waals surface area (Å²) in [7, 11) is 0. The van der Waals surface area contributed by atoms with Crippen molar-refractivity contribution in [1.29, 1.82) is 0 Å². The highest BCUT2D eigenvalue weighted by Crippen LogP contribution is 2.32. The van der Waals surface area contributed by atoms with E-state index in [2.05, 4.69) is 0 Å². The van der Waals surface area contributed by atoms with Crippen molar-refractivity contribution in [2.45, 2.75) is 45.1 Å². The average Bonchev–Trinajstić information content (AvgIpc) is 2.20. The first-order valence-electron chi connectivity index (χ1n) is 5.29. The van der Waals surface area contributed by atoms with E-state index in [0.29, 0.717) is 6.42 Å². The number of rotatable bonds is 4. The molecular formula is C10H17NO3. The summed E-state index contributed by atoms with van der Waals surface area (Å²) in [6, 6.07) is -0.487. The number of nitro groups is 1. The Balaban J connectivity index is 2.70. The van der Waals surface area contributed by atoms with Gasteiger partial charge in [0.15, 0.2) is 0 Å². The molecule has 4 heteroatoms. The third kappa shape index (κ3) is 2.30. The Morgan fingerprint density at radius 1 is 1.50 bits per heavy atom. The van der Waals surface area contributed by atoms with Crippen LogP contribution in [-0.4, -0.2) is 17.3 Å². The fourth-order valence-electron chi connectivity index (χ4n) is 2.40. The summed E-state index contributed by atoms with van der Waals surface area (Å²) >= 11 is 0. The number of nitrogens with zero attached hydrogens (tertiary/aromatic N) is 1. The minimum absolute atomic E-state index is 0.0266. The zero-order valence-corrected chi connectivity index (χ0v) is 8.52. The van der Waals surface area contributed by atoms with Crippen molar-refractivity contribution in [2.75, 3.05) is 0 Å². The topological polar surface area (TPSA) is 60.2 Å². The molecule has 0 bridgehead atoms. The smallest absolute Gasteiger partial charge is 0.216 e. The molecule has 3 atom stereocenters. The van der Waals surface area contributed by atoms with Crippen LogP contribution >= 0.6 is 0 Å². The van der Waals surface area contributed by atoms with E-state index < -0.39 is 6.04 Å². The molecule has 0 aromatic carbocycles. The lowest BCUT2D eigenvalue weighted by Gasteiger charge is -2.28. The van der Waals surface area contributed by atoms with Crippen molar-refractivity contribution in [3.63, 3.8) is 0 Å². The number of hydrogen-bond acceptors (Lipinski definition) is 3. The minimum Gasteiger partial charge on any atom is -0.303 e. The molecule has 0 radical (unpaired) electrons. The maximum Gasteiger partial charge on any atom is 0.216 e. The maximum atomic E-state index is 10.8. The van der Waals surface area contributed by atoms with Gasteiger partial charge in [-0.05, 0) is 19.3 Å². The Morgan fingerprint density at radius 2 is 2.14 bits per heavy atom. The van der Waals surface area contributed by atoms with Crippen LogP contribution in [0.5, 0.6) is 0 Å². The van der Waals surface area contributed by atoms with Crippen LogP contribution in [0.3, 0.4) is 0 Å². The zero-order valence-electron chi connectivity index (χ0n) is 8.52. The predicted molar refractivity (Wildman–Crippen MR) is 52.6 cm³/mol. The molecule has 0 N–H and O–H groups in total. The summed E-state index contributed by atoms with van der Waals surface area (Å²) in [6.45, 7) is 1.92. The molecule has 1 aliphatic rings. The van der Waals surface area contributed by atoms with Crippen molar-refractivity contribution in [2.24, 2.45) is 11.8 Å². The van der Waals surface area contributed by atoms with Crippen LogP contribution in [0.1, 0.15) is 39.0 Å². The molecule has 0 amide bonds. The van der Waals surface area contributed by atoms with Crippen molar-refractivity contribution in [1.82, 2.24) is 0 Å². The van der Waals surface area contributed by atoms with E-state index in [1.807, 2.05) is 6.92 Å². The van der Waals surface area contributed by atoms with E-state index in [1.54, 1.807) is 0 Å². The number of hydrogen-bond donors (Lipinski definition) is 0. The van der Waals surface area contributed by atoms with Gasteiger partial charge >= 0.3 is 0 Å². The monoisotopic (exact) mass is 199 g/mol. The van der Waals surface area contributed by atoms with Gasteiger partial charge < -0.3 is 4.79 Å². The molecule has 0 saturated heterocycles. The molecule has 14 heavy (non-hydrogen) atoms. The standard InChI is InChI=1S/C10H17NO3/c1-2-8(7-12)9-5-3-4-6-10(9)11(13)14/h7-10H,2-6H2,1H3/t8-,9?,10-/m0/s1. The zero-order chi connectivity index (χ0) is 10.6. The molecular weight excluding hydrogens is 182 g/mol. The third-order valence-electron chi connectivity index (χ3n) is 3.25. The largest absolute Gasteiger partial charge is 0.303 e. The summed E-state index contributed by atoms with van der Waals surface area (Å²) in [5.74, 6) is -0.146. The Morgan fingerprint density at radius 3 is 2.64 bits per heavy atom. The summed E-state index contributed by atoms with van der Waals surface area (Å²) in [4.78, 5) is 21.4. The van der Waals surface area contributed by atoms with Gasteiger partial charge in [0.05, 0.1) is 0 Å². The van der Waals surface area contributed by atoms with Crippen LogP contribution in [0.15, 0.2) is 0 Å². The molecule has 1 fully saturated rings.